The van der Waals surface area contributed by atoms with Crippen LogP contribution in [0, 0.1) is 0 Å². The van der Waals surface area contributed by atoms with Gasteiger partial charge in [-0.1, -0.05) is 36.4 Å². The largest absolute Gasteiger partial charge is 0.483 e. The van der Waals surface area contributed by atoms with Gasteiger partial charge >= 0.3 is 12.4 Å². The molecule has 0 saturated heterocycles. The SMILES string of the molecule is CC(NC(=O)c1nn2cc(-c3ccc4ccccc4c3)[nH]c(=O)c2c1C(F)(F)F)c1ccc(OCC(F)(F)F)cn1. The maximum absolute atomic E-state index is 14.1. The lowest BCUT2D eigenvalue weighted by Crippen LogP contribution is -2.29. The number of ether oxygens (including phenoxy) is 1. The normalized spacial score (nSPS) is 13.0. The summed E-state index contributed by atoms with van der Waals surface area (Å²) >= 11 is 0. The Morgan fingerprint density at radius 3 is 2.44 bits per heavy atom. The van der Waals surface area contributed by atoms with E-state index < -0.39 is 53.2 Å². The fraction of sp³-hybridized carbons (Fsp3) is 0.185. The summed E-state index contributed by atoms with van der Waals surface area (Å²) in [5.41, 5.74) is -3.68. The van der Waals surface area contributed by atoms with Gasteiger partial charge in [0, 0.05) is 5.56 Å². The third-order valence-corrected chi connectivity index (χ3v) is 6.14. The van der Waals surface area contributed by atoms with Crippen LogP contribution in [-0.2, 0) is 6.18 Å². The number of halogens is 6. The molecule has 2 N–H and O–H groups in total. The number of alkyl halides is 6. The van der Waals surface area contributed by atoms with Gasteiger partial charge in [0.05, 0.1) is 29.8 Å². The summed E-state index contributed by atoms with van der Waals surface area (Å²) in [5.74, 6) is -1.43. The van der Waals surface area contributed by atoms with Crippen LogP contribution in [0.3, 0.4) is 0 Å². The molecule has 0 spiro atoms. The Bertz CT molecular complexity index is 1810. The molecule has 3 aromatic heterocycles. The third kappa shape index (κ3) is 5.85. The average Bonchev–Trinajstić information content (AvgIpc) is 3.33. The molecule has 1 amide bonds. The molecule has 41 heavy (non-hydrogen) atoms. The van der Waals surface area contributed by atoms with Crippen LogP contribution in [0.1, 0.15) is 34.7 Å². The minimum atomic E-state index is -5.11. The van der Waals surface area contributed by atoms with Crippen LogP contribution >= 0.6 is 0 Å². The van der Waals surface area contributed by atoms with E-state index in [2.05, 4.69) is 25.1 Å². The van der Waals surface area contributed by atoms with Gasteiger partial charge in [0.25, 0.3) is 11.5 Å². The number of rotatable bonds is 6. The highest BCUT2D eigenvalue weighted by Gasteiger charge is 2.42. The number of amides is 1. The molecular weight excluding hydrogens is 556 g/mol. The first-order chi connectivity index (χ1) is 19.3. The van der Waals surface area contributed by atoms with Gasteiger partial charge in [0.15, 0.2) is 12.3 Å². The summed E-state index contributed by atoms with van der Waals surface area (Å²) in [7, 11) is 0. The smallest absolute Gasteiger partial charge is 0.422 e. The Morgan fingerprint density at radius 2 is 1.78 bits per heavy atom. The number of aromatic amines is 1. The number of nitrogens with zero attached hydrogens (tertiary/aromatic N) is 3. The lowest BCUT2D eigenvalue weighted by Gasteiger charge is -2.14. The molecule has 0 radical (unpaired) electrons. The van der Waals surface area contributed by atoms with Gasteiger partial charge in [0.1, 0.15) is 16.8 Å². The summed E-state index contributed by atoms with van der Waals surface area (Å²) in [4.78, 5) is 32.2. The molecule has 0 aliphatic heterocycles. The molecule has 1 unspecified atom stereocenters. The standard InChI is InChI=1S/C27H19F6N5O3/c1-14(19-9-8-18(11-34-19)41-13-26(28,29)30)35-24(39)22-21(27(31,32)33)23-25(40)36-20(12-38(23)37-22)17-7-6-15-4-2-3-5-16(15)10-17/h2-12,14H,13H2,1H3,(H,35,39)(H,36,40). The summed E-state index contributed by atoms with van der Waals surface area (Å²) < 4.78 is 84.7. The minimum Gasteiger partial charge on any atom is -0.483 e. The highest BCUT2D eigenvalue weighted by molar-refractivity contribution is 5.96. The molecule has 3 heterocycles. The summed E-state index contributed by atoms with van der Waals surface area (Å²) in [6.07, 6.45) is -7.48. The first-order valence-electron chi connectivity index (χ1n) is 12.0. The lowest BCUT2D eigenvalue weighted by atomic mass is 10.1. The zero-order chi connectivity index (χ0) is 29.5. The molecule has 5 rings (SSSR count). The number of pyridine rings is 1. The maximum atomic E-state index is 14.1. The van der Waals surface area contributed by atoms with Crippen LogP contribution in [0.25, 0.3) is 27.5 Å². The van der Waals surface area contributed by atoms with Gasteiger partial charge in [-0.25, -0.2) is 4.52 Å². The quantitative estimate of drug-likeness (QED) is 0.254. The molecular formula is C27H19F6N5O3. The van der Waals surface area contributed by atoms with Crippen molar-refractivity contribution in [2.75, 3.05) is 6.61 Å². The number of carbonyl (C=O) groups is 1. The van der Waals surface area contributed by atoms with E-state index in [0.717, 1.165) is 21.5 Å². The van der Waals surface area contributed by atoms with Gasteiger partial charge in [-0.15, -0.1) is 0 Å². The zero-order valence-corrected chi connectivity index (χ0v) is 21.0. The molecule has 0 aliphatic rings. The highest BCUT2D eigenvalue weighted by Crippen LogP contribution is 2.35. The number of carbonyl (C=O) groups excluding carboxylic acids is 1. The molecule has 0 fully saturated rings. The molecule has 8 nitrogen and oxygen atoms in total. The van der Waals surface area contributed by atoms with E-state index in [1.165, 1.54) is 25.3 Å². The van der Waals surface area contributed by atoms with Crippen molar-refractivity contribution in [1.82, 2.24) is 24.9 Å². The van der Waals surface area contributed by atoms with E-state index in [0.29, 0.717) is 5.56 Å². The van der Waals surface area contributed by atoms with Crippen molar-refractivity contribution in [1.29, 1.82) is 0 Å². The summed E-state index contributed by atoms with van der Waals surface area (Å²) in [6, 6.07) is 14.1. The molecule has 0 aliphatic carbocycles. The number of H-pyrrole nitrogens is 1. The Kier molecular flexibility index (Phi) is 6.93. The minimum absolute atomic E-state index is 0.131. The molecule has 5 aromatic rings. The predicted octanol–water partition coefficient (Wildman–Crippen LogP) is 5.69. The van der Waals surface area contributed by atoms with Crippen molar-refractivity contribution in [3.05, 3.63) is 94.3 Å². The van der Waals surface area contributed by atoms with E-state index in [1.54, 1.807) is 18.2 Å². The van der Waals surface area contributed by atoms with E-state index in [1.807, 2.05) is 24.3 Å². The summed E-state index contributed by atoms with van der Waals surface area (Å²) in [6.45, 7) is -0.125. The fourth-order valence-corrected chi connectivity index (χ4v) is 4.25. The first kappa shape index (κ1) is 27.7. The van der Waals surface area contributed by atoms with Crippen molar-refractivity contribution >= 4 is 22.2 Å². The zero-order valence-electron chi connectivity index (χ0n) is 21.0. The van der Waals surface area contributed by atoms with Crippen molar-refractivity contribution < 1.29 is 35.9 Å². The second kappa shape index (κ2) is 10.3. The van der Waals surface area contributed by atoms with Crippen LogP contribution in [-0.4, -0.2) is 38.3 Å². The second-order valence-electron chi connectivity index (χ2n) is 9.09. The van der Waals surface area contributed by atoms with Gasteiger partial charge in [-0.2, -0.15) is 31.4 Å². The average molecular weight is 575 g/mol. The van der Waals surface area contributed by atoms with Crippen molar-refractivity contribution in [2.45, 2.75) is 25.3 Å². The van der Waals surface area contributed by atoms with E-state index in [-0.39, 0.29) is 17.1 Å². The maximum Gasteiger partial charge on any atom is 0.422 e. The van der Waals surface area contributed by atoms with Crippen molar-refractivity contribution in [3.8, 4) is 17.0 Å². The number of hydrogen-bond acceptors (Lipinski definition) is 5. The number of nitrogens with one attached hydrogen (secondary N) is 2. The fourth-order valence-electron chi connectivity index (χ4n) is 4.25. The number of fused-ring (bicyclic) bond motifs is 2. The first-order valence-corrected chi connectivity index (χ1v) is 12.0. The number of aromatic nitrogens is 4. The lowest BCUT2D eigenvalue weighted by molar-refractivity contribution is -0.153. The van der Waals surface area contributed by atoms with Crippen molar-refractivity contribution in [3.63, 3.8) is 0 Å². The Balaban J connectivity index is 1.46. The molecule has 0 bridgehead atoms. The van der Waals surface area contributed by atoms with Gasteiger partial charge in [-0.05, 0) is 35.9 Å². The van der Waals surface area contributed by atoms with Crippen LogP contribution in [0.15, 0.2) is 71.8 Å². The van der Waals surface area contributed by atoms with E-state index in [4.69, 9.17) is 0 Å². The highest BCUT2D eigenvalue weighted by atomic mass is 19.4. The van der Waals surface area contributed by atoms with Crippen LogP contribution in [0.5, 0.6) is 5.75 Å². The predicted molar refractivity (Wildman–Crippen MR) is 135 cm³/mol. The van der Waals surface area contributed by atoms with Crippen LogP contribution in [0.2, 0.25) is 0 Å². The van der Waals surface area contributed by atoms with Crippen LogP contribution < -0.4 is 15.6 Å². The second-order valence-corrected chi connectivity index (χ2v) is 9.09. The van der Waals surface area contributed by atoms with Crippen molar-refractivity contribution in [2.24, 2.45) is 0 Å². The van der Waals surface area contributed by atoms with E-state index >= 15 is 0 Å². The Hall–Kier alpha value is -4.88. The third-order valence-electron chi connectivity index (χ3n) is 6.14. The van der Waals surface area contributed by atoms with Gasteiger partial charge in [-0.3, -0.25) is 14.6 Å². The molecule has 2 aromatic carbocycles. The molecule has 212 valence electrons. The molecule has 0 saturated carbocycles. The van der Waals surface area contributed by atoms with Crippen LogP contribution in [0.4, 0.5) is 26.3 Å². The summed E-state index contributed by atoms with van der Waals surface area (Å²) in [5, 5.41) is 7.91. The number of benzene rings is 2. The van der Waals surface area contributed by atoms with Gasteiger partial charge in [0.2, 0.25) is 0 Å². The number of hydrogen-bond donors (Lipinski definition) is 2. The van der Waals surface area contributed by atoms with E-state index in [9.17, 15) is 35.9 Å². The Morgan fingerprint density at radius 1 is 1.05 bits per heavy atom. The topological polar surface area (TPSA) is 101 Å². The monoisotopic (exact) mass is 575 g/mol. The van der Waals surface area contributed by atoms with Gasteiger partial charge < -0.3 is 15.0 Å². The molecule has 14 heteroatoms. The Labute approximate surface area is 226 Å². The molecule has 1 atom stereocenters.